The summed E-state index contributed by atoms with van der Waals surface area (Å²) in [6, 6.07) is 7.30. The average molecular weight is 511 g/mol. The van der Waals surface area contributed by atoms with Gasteiger partial charge in [0, 0.05) is 42.1 Å². The number of allylic oxidation sites excluding steroid dienone is 1. The van der Waals surface area contributed by atoms with E-state index in [-0.39, 0.29) is 5.52 Å². The number of rotatable bonds is 7. The molecule has 1 fully saturated rings. The number of aromatic amines is 2. The van der Waals surface area contributed by atoms with Gasteiger partial charge in [0.25, 0.3) is 0 Å². The van der Waals surface area contributed by atoms with Crippen LogP contribution in [-0.4, -0.2) is 43.2 Å². The molecule has 38 heavy (non-hydrogen) atoms. The van der Waals surface area contributed by atoms with Crippen molar-refractivity contribution in [2.45, 2.75) is 39.5 Å². The highest BCUT2D eigenvalue weighted by molar-refractivity contribution is 5.97. The maximum Gasteiger partial charge on any atom is 0.157 e. The number of fused-ring (bicyclic) bond motifs is 2. The zero-order chi connectivity index (χ0) is 26.2. The molecule has 0 bridgehead atoms. The third-order valence-electron chi connectivity index (χ3n) is 6.93. The lowest BCUT2D eigenvalue weighted by atomic mass is 10.0. The van der Waals surface area contributed by atoms with Gasteiger partial charge in [-0.15, -0.1) is 0 Å². The van der Waals surface area contributed by atoms with Gasteiger partial charge in [0.15, 0.2) is 17.5 Å². The van der Waals surface area contributed by atoms with Crippen LogP contribution in [0.3, 0.4) is 0 Å². The molecule has 3 N–H and O–H groups in total. The fourth-order valence-electron chi connectivity index (χ4n) is 5.21. The van der Waals surface area contributed by atoms with Crippen molar-refractivity contribution in [1.29, 1.82) is 0 Å². The number of aromatic nitrogens is 6. The van der Waals surface area contributed by atoms with E-state index in [2.05, 4.69) is 55.8 Å². The Balaban J connectivity index is 1.38. The molecule has 0 unspecified atom stereocenters. The highest BCUT2D eigenvalue weighted by Crippen LogP contribution is 2.34. The molecule has 0 atom stereocenters. The molecule has 8 nitrogen and oxygen atoms in total. The smallest absolute Gasteiger partial charge is 0.157 e. The van der Waals surface area contributed by atoms with Crippen molar-refractivity contribution in [1.82, 2.24) is 30.1 Å². The van der Waals surface area contributed by atoms with Crippen molar-refractivity contribution in [3.63, 3.8) is 0 Å². The van der Waals surface area contributed by atoms with Gasteiger partial charge in [0.2, 0.25) is 0 Å². The minimum atomic E-state index is -0.408. The fourth-order valence-corrected chi connectivity index (χ4v) is 5.21. The first-order valence-electron chi connectivity index (χ1n) is 13.1. The molecule has 0 aliphatic carbocycles. The summed E-state index contributed by atoms with van der Waals surface area (Å²) in [5.74, 6) is 1.57. The molecule has 1 aliphatic heterocycles. The maximum absolute atomic E-state index is 15.2. The molecule has 5 aromatic rings. The molecular formula is C29H31FN8. The zero-order valence-corrected chi connectivity index (χ0v) is 21.7. The second-order valence-electron chi connectivity index (χ2n) is 10.4. The molecule has 6 rings (SSSR count). The van der Waals surface area contributed by atoms with Gasteiger partial charge >= 0.3 is 0 Å². The minimum absolute atomic E-state index is 0.270. The molecule has 0 amide bonds. The van der Waals surface area contributed by atoms with E-state index in [0.29, 0.717) is 28.4 Å². The SMILES string of the molecule is C=C(CC(C)C)Nc1cncc(-c2cc(F)c3n[nH]c(-c4nc5c(N6CCCCC6)nccc5[nH]4)c3c2)c1. The number of halogens is 1. The van der Waals surface area contributed by atoms with Crippen molar-refractivity contribution in [3.8, 4) is 22.6 Å². The van der Waals surface area contributed by atoms with E-state index in [0.717, 1.165) is 66.2 Å². The Morgan fingerprint density at radius 2 is 1.95 bits per heavy atom. The fraction of sp³-hybridized carbons (Fsp3) is 0.310. The summed E-state index contributed by atoms with van der Waals surface area (Å²) in [6.07, 6.45) is 9.69. The van der Waals surface area contributed by atoms with Gasteiger partial charge in [-0.3, -0.25) is 10.1 Å². The van der Waals surface area contributed by atoms with Crippen LogP contribution in [-0.2, 0) is 0 Å². The van der Waals surface area contributed by atoms with E-state index in [4.69, 9.17) is 4.98 Å². The van der Waals surface area contributed by atoms with Crippen LogP contribution in [0, 0.1) is 11.7 Å². The first kappa shape index (κ1) is 24.1. The van der Waals surface area contributed by atoms with E-state index in [1.54, 1.807) is 18.6 Å². The van der Waals surface area contributed by atoms with E-state index in [1.807, 2.05) is 18.2 Å². The van der Waals surface area contributed by atoms with Crippen LogP contribution < -0.4 is 10.2 Å². The normalized spacial score (nSPS) is 14.1. The van der Waals surface area contributed by atoms with Crippen molar-refractivity contribution in [2.24, 2.45) is 5.92 Å². The lowest BCUT2D eigenvalue weighted by molar-refractivity contribution is 0.574. The van der Waals surface area contributed by atoms with Gasteiger partial charge in [-0.1, -0.05) is 20.4 Å². The number of benzene rings is 1. The van der Waals surface area contributed by atoms with Gasteiger partial charge in [0.05, 0.1) is 17.4 Å². The van der Waals surface area contributed by atoms with Crippen LogP contribution in [0.1, 0.15) is 39.5 Å². The van der Waals surface area contributed by atoms with Gasteiger partial charge in [-0.2, -0.15) is 5.10 Å². The number of pyridine rings is 2. The molecule has 0 saturated carbocycles. The van der Waals surface area contributed by atoms with Gasteiger partial charge in [0.1, 0.15) is 16.7 Å². The number of nitrogens with zero attached hydrogens (tertiary/aromatic N) is 5. The quantitative estimate of drug-likeness (QED) is 0.226. The number of anilines is 2. The topological polar surface area (TPSA) is 98.4 Å². The number of piperidine rings is 1. The van der Waals surface area contributed by atoms with E-state index in [9.17, 15) is 0 Å². The molecule has 5 heterocycles. The number of hydrogen-bond acceptors (Lipinski definition) is 6. The number of H-pyrrole nitrogens is 2. The van der Waals surface area contributed by atoms with Crippen molar-refractivity contribution < 1.29 is 4.39 Å². The Morgan fingerprint density at radius 1 is 1.11 bits per heavy atom. The lowest BCUT2D eigenvalue weighted by Gasteiger charge is -2.27. The Bertz CT molecular complexity index is 1630. The summed E-state index contributed by atoms with van der Waals surface area (Å²) < 4.78 is 15.2. The molecule has 1 saturated heterocycles. The highest BCUT2D eigenvalue weighted by atomic mass is 19.1. The minimum Gasteiger partial charge on any atom is -0.358 e. The second-order valence-corrected chi connectivity index (χ2v) is 10.4. The highest BCUT2D eigenvalue weighted by Gasteiger charge is 2.20. The van der Waals surface area contributed by atoms with Crippen LogP contribution in [0.4, 0.5) is 15.9 Å². The van der Waals surface area contributed by atoms with Crippen LogP contribution in [0.2, 0.25) is 0 Å². The van der Waals surface area contributed by atoms with Crippen molar-refractivity contribution in [2.75, 3.05) is 23.3 Å². The van der Waals surface area contributed by atoms with Crippen LogP contribution in [0.25, 0.3) is 44.6 Å². The Kier molecular flexibility index (Phi) is 6.27. The van der Waals surface area contributed by atoms with E-state index < -0.39 is 5.82 Å². The molecule has 194 valence electrons. The largest absolute Gasteiger partial charge is 0.358 e. The maximum atomic E-state index is 15.2. The zero-order valence-electron chi connectivity index (χ0n) is 21.7. The Morgan fingerprint density at radius 3 is 2.76 bits per heavy atom. The number of hydrogen-bond donors (Lipinski definition) is 3. The molecule has 1 aliphatic rings. The molecular weight excluding hydrogens is 479 g/mol. The molecule has 0 spiro atoms. The standard InChI is InChI=1S/C29H31FN8/c1-17(2)11-18(3)33-21-12-20(15-31-16-21)19-13-22-25(23(30)14-19)36-37-26(22)28-34-24-7-8-32-29(27(24)35-28)38-9-5-4-6-10-38/h7-8,12-17,33H,3-6,9-11H2,1-2H3,(H,34,35)(H,36,37). The van der Waals surface area contributed by atoms with E-state index >= 15 is 4.39 Å². The van der Waals surface area contributed by atoms with Crippen LogP contribution >= 0.6 is 0 Å². The predicted octanol–water partition coefficient (Wildman–Crippen LogP) is 6.66. The van der Waals surface area contributed by atoms with E-state index in [1.165, 1.54) is 12.5 Å². The summed E-state index contributed by atoms with van der Waals surface area (Å²) in [4.78, 5) is 19.6. The first-order chi connectivity index (χ1) is 18.5. The Labute approximate surface area is 220 Å². The average Bonchev–Trinajstić information content (AvgIpc) is 3.53. The Hall–Kier alpha value is -4.27. The summed E-state index contributed by atoms with van der Waals surface area (Å²) in [5.41, 5.74) is 5.84. The van der Waals surface area contributed by atoms with Crippen molar-refractivity contribution >= 4 is 33.4 Å². The first-order valence-corrected chi connectivity index (χ1v) is 13.1. The summed E-state index contributed by atoms with van der Waals surface area (Å²) in [7, 11) is 0. The number of nitrogens with one attached hydrogen (secondary N) is 3. The van der Waals surface area contributed by atoms with Gasteiger partial charge in [-0.25, -0.2) is 14.4 Å². The summed E-state index contributed by atoms with van der Waals surface area (Å²) >= 11 is 0. The summed E-state index contributed by atoms with van der Waals surface area (Å²) in [6.45, 7) is 10.4. The molecule has 4 aromatic heterocycles. The monoisotopic (exact) mass is 510 g/mol. The van der Waals surface area contributed by atoms with Gasteiger partial charge < -0.3 is 15.2 Å². The summed E-state index contributed by atoms with van der Waals surface area (Å²) in [5, 5.41) is 11.2. The molecule has 0 radical (unpaired) electrons. The van der Waals surface area contributed by atoms with Gasteiger partial charge in [-0.05, 0) is 61.4 Å². The third-order valence-corrected chi connectivity index (χ3v) is 6.93. The van der Waals surface area contributed by atoms with Crippen LogP contribution in [0.5, 0.6) is 0 Å². The predicted molar refractivity (Wildman–Crippen MR) is 150 cm³/mol. The van der Waals surface area contributed by atoms with Crippen LogP contribution in [0.15, 0.2) is 55.1 Å². The second kappa shape index (κ2) is 9.89. The lowest BCUT2D eigenvalue weighted by Crippen LogP contribution is -2.30. The molecule has 9 heteroatoms. The van der Waals surface area contributed by atoms with Crippen molar-refractivity contribution in [3.05, 3.63) is 60.9 Å². The number of imidazole rings is 1. The third kappa shape index (κ3) is 4.60. The molecule has 1 aromatic carbocycles.